The van der Waals surface area contributed by atoms with E-state index in [0.29, 0.717) is 19.0 Å². The highest BCUT2D eigenvalue weighted by molar-refractivity contribution is 5.46. The first-order valence-electron chi connectivity index (χ1n) is 9.65. The summed E-state index contributed by atoms with van der Waals surface area (Å²) < 4.78 is 17.6. The van der Waals surface area contributed by atoms with Crippen LogP contribution in [0.1, 0.15) is 36.1 Å². The van der Waals surface area contributed by atoms with Crippen LogP contribution in [0, 0.1) is 0 Å². The van der Waals surface area contributed by atoms with Crippen molar-refractivity contribution in [2.24, 2.45) is 0 Å². The smallest absolute Gasteiger partial charge is 0.128 e. The molecule has 1 unspecified atom stereocenters. The molecule has 4 heteroatoms. The van der Waals surface area contributed by atoms with Crippen LogP contribution < -0.4 is 14.2 Å². The zero-order valence-corrected chi connectivity index (χ0v) is 15.9. The molecular weight excluding hydrogens is 352 g/mol. The van der Waals surface area contributed by atoms with Crippen molar-refractivity contribution in [3.63, 3.8) is 0 Å². The van der Waals surface area contributed by atoms with E-state index in [1.165, 1.54) is 0 Å². The summed E-state index contributed by atoms with van der Waals surface area (Å²) in [6, 6.07) is 21.5. The lowest BCUT2D eigenvalue weighted by Gasteiger charge is -2.27. The molecule has 0 saturated heterocycles. The SMILES string of the molecule is CCOc1ccc(C2CCc3ccc(OCc4ccccc4)cc3O2)c(O)c1. The summed E-state index contributed by atoms with van der Waals surface area (Å²) in [4.78, 5) is 0. The van der Waals surface area contributed by atoms with Gasteiger partial charge in [-0.2, -0.15) is 0 Å². The molecule has 0 saturated carbocycles. The Morgan fingerprint density at radius 3 is 2.54 bits per heavy atom. The van der Waals surface area contributed by atoms with Crippen LogP contribution in [0.25, 0.3) is 0 Å². The molecule has 0 aliphatic carbocycles. The van der Waals surface area contributed by atoms with E-state index in [9.17, 15) is 5.11 Å². The molecule has 1 aliphatic heterocycles. The molecule has 3 aromatic carbocycles. The highest BCUT2D eigenvalue weighted by Crippen LogP contribution is 2.40. The Morgan fingerprint density at radius 2 is 1.75 bits per heavy atom. The quantitative estimate of drug-likeness (QED) is 0.623. The van der Waals surface area contributed by atoms with E-state index < -0.39 is 0 Å². The van der Waals surface area contributed by atoms with Gasteiger partial charge in [-0.1, -0.05) is 36.4 Å². The molecule has 0 amide bonds. The van der Waals surface area contributed by atoms with E-state index in [0.717, 1.165) is 41.0 Å². The van der Waals surface area contributed by atoms with Gasteiger partial charge in [0.25, 0.3) is 0 Å². The number of phenolic OH excluding ortho intramolecular Hbond substituents is 1. The van der Waals surface area contributed by atoms with Gasteiger partial charge in [-0.25, -0.2) is 0 Å². The van der Waals surface area contributed by atoms with Crippen LogP contribution in [0.15, 0.2) is 66.7 Å². The first-order chi connectivity index (χ1) is 13.7. The van der Waals surface area contributed by atoms with E-state index in [1.807, 2.05) is 61.5 Å². The molecule has 4 rings (SSSR count). The number of phenols is 1. The highest BCUT2D eigenvalue weighted by atomic mass is 16.5. The van der Waals surface area contributed by atoms with Crippen LogP contribution in [0.4, 0.5) is 0 Å². The number of hydrogen-bond acceptors (Lipinski definition) is 4. The summed E-state index contributed by atoms with van der Waals surface area (Å²) in [7, 11) is 0. The van der Waals surface area contributed by atoms with Gasteiger partial charge in [0.15, 0.2) is 0 Å². The normalized spacial score (nSPS) is 15.4. The van der Waals surface area contributed by atoms with Crippen molar-refractivity contribution in [2.75, 3.05) is 6.61 Å². The molecular formula is C24H24O4. The third-order valence-electron chi connectivity index (χ3n) is 4.89. The third kappa shape index (κ3) is 4.06. The molecule has 1 heterocycles. The fourth-order valence-electron chi connectivity index (χ4n) is 3.45. The largest absolute Gasteiger partial charge is 0.507 e. The van der Waals surface area contributed by atoms with Crippen LogP contribution in [-0.4, -0.2) is 11.7 Å². The lowest BCUT2D eigenvalue weighted by atomic mass is 9.96. The molecule has 0 spiro atoms. The topological polar surface area (TPSA) is 47.9 Å². The zero-order chi connectivity index (χ0) is 19.3. The second-order valence-corrected chi connectivity index (χ2v) is 6.84. The van der Waals surface area contributed by atoms with Crippen LogP contribution >= 0.6 is 0 Å². The summed E-state index contributed by atoms with van der Waals surface area (Å²) in [5, 5.41) is 10.4. The van der Waals surface area contributed by atoms with Crippen molar-refractivity contribution in [1.29, 1.82) is 0 Å². The van der Waals surface area contributed by atoms with Gasteiger partial charge in [0.2, 0.25) is 0 Å². The fourth-order valence-corrected chi connectivity index (χ4v) is 3.45. The molecule has 144 valence electrons. The maximum atomic E-state index is 10.4. The maximum Gasteiger partial charge on any atom is 0.128 e. The summed E-state index contributed by atoms with van der Waals surface area (Å²) >= 11 is 0. The average Bonchev–Trinajstić information content (AvgIpc) is 2.73. The van der Waals surface area contributed by atoms with Gasteiger partial charge in [-0.15, -0.1) is 0 Å². The van der Waals surface area contributed by atoms with E-state index >= 15 is 0 Å². The zero-order valence-electron chi connectivity index (χ0n) is 15.9. The molecule has 1 aliphatic rings. The van der Waals surface area contributed by atoms with Gasteiger partial charge in [0.05, 0.1) is 6.61 Å². The third-order valence-corrected chi connectivity index (χ3v) is 4.89. The number of hydrogen-bond donors (Lipinski definition) is 1. The Kier molecular flexibility index (Phi) is 5.38. The van der Waals surface area contributed by atoms with Crippen molar-refractivity contribution >= 4 is 0 Å². The number of benzene rings is 3. The molecule has 1 atom stereocenters. The summed E-state index contributed by atoms with van der Waals surface area (Å²) in [5.41, 5.74) is 3.07. The van der Waals surface area contributed by atoms with Crippen LogP contribution in [0.2, 0.25) is 0 Å². The van der Waals surface area contributed by atoms with Crippen molar-refractivity contribution < 1.29 is 19.3 Å². The Hall–Kier alpha value is -3.14. The monoisotopic (exact) mass is 376 g/mol. The molecule has 28 heavy (non-hydrogen) atoms. The van der Waals surface area contributed by atoms with E-state index in [1.54, 1.807) is 6.07 Å². The van der Waals surface area contributed by atoms with Crippen molar-refractivity contribution in [3.8, 4) is 23.0 Å². The first-order valence-corrected chi connectivity index (χ1v) is 9.65. The van der Waals surface area contributed by atoms with Crippen LogP contribution in [-0.2, 0) is 13.0 Å². The minimum atomic E-state index is -0.187. The first kappa shape index (κ1) is 18.2. The number of aromatic hydroxyl groups is 1. The molecule has 0 fully saturated rings. The second kappa shape index (κ2) is 8.26. The molecule has 0 bridgehead atoms. The van der Waals surface area contributed by atoms with Crippen LogP contribution in [0.5, 0.6) is 23.0 Å². The Morgan fingerprint density at radius 1 is 0.964 bits per heavy atom. The predicted molar refractivity (Wildman–Crippen MR) is 108 cm³/mol. The molecule has 3 aromatic rings. The Labute approximate surface area is 165 Å². The van der Waals surface area contributed by atoms with Gasteiger partial charge < -0.3 is 19.3 Å². The lowest BCUT2D eigenvalue weighted by Crippen LogP contribution is -2.15. The van der Waals surface area contributed by atoms with Crippen molar-refractivity contribution in [1.82, 2.24) is 0 Å². The highest BCUT2D eigenvalue weighted by Gasteiger charge is 2.24. The summed E-state index contributed by atoms with van der Waals surface area (Å²) in [5.74, 6) is 2.46. The number of ether oxygens (including phenoxy) is 3. The van der Waals surface area contributed by atoms with Crippen molar-refractivity contribution in [2.45, 2.75) is 32.5 Å². The molecule has 4 nitrogen and oxygen atoms in total. The minimum absolute atomic E-state index is 0.187. The minimum Gasteiger partial charge on any atom is -0.507 e. The standard InChI is InChI=1S/C24H24O4/c1-2-26-19-11-12-21(22(25)14-19)23-13-9-18-8-10-20(15-24(18)28-23)27-16-17-6-4-3-5-7-17/h3-8,10-12,14-15,23,25H,2,9,13,16H2,1H3. The van der Waals surface area contributed by atoms with Gasteiger partial charge in [-0.3, -0.25) is 0 Å². The summed E-state index contributed by atoms with van der Waals surface area (Å²) in [6.07, 6.45) is 1.53. The molecule has 0 aromatic heterocycles. The Balaban J connectivity index is 1.48. The van der Waals surface area contributed by atoms with E-state index in [2.05, 4.69) is 6.07 Å². The van der Waals surface area contributed by atoms with Gasteiger partial charge >= 0.3 is 0 Å². The van der Waals surface area contributed by atoms with E-state index in [-0.39, 0.29) is 11.9 Å². The van der Waals surface area contributed by atoms with Crippen LogP contribution in [0.3, 0.4) is 0 Å². The number of rotatable bonds is 6. The second-order valence-electron chi connectivity index (χ2n) is 6.84. The summed E-state index contributed by atoms with van der Waals surface area (Å²) in [6.45, 7) is 3.00. The molecule has 1 N–H and O–H groups in total. The Bertz CT molecular complexity index is 937. The van der Waals surface area contributed by atoms with Crippen molar-refractivity contribution in [3.05, 3.63) is 83.4 Å². The van der Waals surface area contributed by atoms with Gasteiger partial charge in [-0.05, 0) is 49.1 Å². The predicted octanol–water partition coefficient (Wildman–Crippen LogP) is 5.44. The van der Waals surface area contributed by atoms with Gasteiger partial charge in [0, 0.05) is 17.7 Å². The number of aryl methyl sites for hydroxylation is 1. The average molecular weight is 376 g/mol. The number of fused-ring (bicyclic) bond motifs is 1. The fraction of sp³-hybridized carbons (Fsp3) is 0.250. The maximum absolute atomic E-state index is 10.4. The van der Waals surface area contributed by atoms with E-state index in [4.69, 9.17) is 14.2 Å². The lowest BCUT2D eigenvalue weighted by molar-refractivity contribution is 0.171. The molecule has 0 radical (unpaired) electrons. The van der Waals surface area contributed by atoms with Gasteiger partial charge in [0.1, 0.15) is 35.7 Å².